The Morgan fingerprint density at radius 1 is 1.35 bits per heavy atom. The van der Waals surface area contributed by atoms with Crippen molar-refractivity contribution in [3.05, 3.63) is 30.1 Å². The molecule has 0 aromatic heterocycles. The summed E-state index contributed by atoms with van der Waals surface area (Å²) >= 11 is 0. The van der Waals surface area contributed by atoms with Crippen LogP contribution in [0.15, 0.2) is 24.3 Å². The first-order valence-electron chi connectivity index (χ1n) is 6.43. The average Bonchev–Trinajstić information content (AvgIpc) is 2.42. The first kappa shape index (κ1) is 15.9. The summed E-state index contributed by atoms with van der Waals surface area (Å²) in [4.78, 5) is 22.2. The van der Waals surface area contributed by atoms with Crippen molar-refractivity contribution in [2.75, 3.05) is 6.61 Å². The number of ether oxygens (including phenoxy) is 1. The van der Waals surface area contributed by atoms with E-state index in [1.54, 1.807) is 6.92 Å². The number of amides is 1. The number of carbonyl (C=O) groups excluding carboxylic acids is 1. The molecule has 1 atom stereocenters. The Hall–Kier alpha value is -2.11. The van der Waals surface area contributed by atoms with E-state index in [9.17, 15) is 14.0 Å². The smallest absolute Gasteiger partial charge is 0.326 e. The fraction of sp³-hybridized carbons (Fsp3) is 0.429. The molecule has 0 bridgehead atoms. The molecular weight excluding hydrogens is 265 g/mol. The third kappa shape index (κ3) is 5.69. The number of halogens is 1. The minimum Gasteiger partial charge on any atom is -0.494 e. The molecule has 5 nitrogen and oxygen atoms in total. The molecule has 0 aliphatic carbocycles. The van der Waals surface area contributed by atoms with Gasteiger partial charge >= 0.3 is 5.97 Å². The Morgan fingerprint density at radius 3 is 2.55 bits per heavy atom. The zero-order chi connectivity index (χ0) is 15.0. The summed E-state index contributed by atoms with van der Waals surface area (Å²) in [7, 11) is 0. The highest BCUT2D eigenvalue weighted by Gasteiger charge is 2.16. The van der Waals surface area contributed by atoms with Gasteiger partial charge in [0.05, 0.1) is 6.61 Å². The van der Waals surface area contributed by atoms with Gasteiger partial charge in [0, 0.05) is 6.42 Å². The fourth-order valence-corrected chi connectivity index (χ4v) is 1.56. The third-order valence-electron chi connectivity index (χ3n) is 2.67. The molecule has 1 amide bonds. The van der Waals surface area contributed by atoms with Crippen molar-refractivity contribution < 1.29 is 23.8 Å². The van der Waals surface area contributed by atoms with Gasteiger partial charge in [-0.05, 0) is 37.1 Å². The van der Waals surface area contributed by atoms with Crippen LogP contribution in [0.1, 0.15) is 26.2 Å². The highest BCUT2D eigenvalue weighted by atomic mass is 19.1. The molecule has 20 heavy (non-hydrogen) atoms. The molecule has 1 aromatic rings. The minimum atomic E-state index is -1.04. The zero-order valence-electron chi connectivity index (χ0n) is 11.3. The summed E-state index contributed by atoms with van der Waals surface area (Å²) in [5.74, 6) is -1.16. The molecule has 0 saturated carbocycles. The number of hydrogen-bond acceptors (Lipinski definition) is 3. The first-order chi connectivity index (χ1) is 9.52. The molecule has 1 aromatic carbocycles. The lowest BCUT2D eigenvalue weighted by molar-refractivity contribution is -0.141. The molecule has 0 unspecified atom stereocenters. The van der Waals surface area contributed by atoms with Crippen molar-refractivity contribution in [1.82, 2.24) is 5.32 Å². The highest BCUT2D eigenvalue weighted by Crippen LogP contribution is 2.11. The van der Waals surface area contributed by atoms with Crippen LogP contribution in [0.2, 0.25) is 0 Å². The predicted octanol–water partition coefficient (Wildman–Crippen LogP) is 1.96. The maximum absolute atomic E-state index is 12.6. The van der Waals surface area contributed by atoms with E-state index >= 15 is 0 Å². The number of carboxylic acid groups (broad SMARTS) is 1. The summed E-state index contributed by atoms with van der Waals surface area (Å²) in [6.45, 7) is 2.00. The number of aliphatic carboxylic acids is 1. The van der Waals surface area contributed by atoms with E-state index in [0.717, 1.165) is 0 Å². The van der Waals surface area contributed by atoms with E-state index in [1.165, 1.54) is 24.3 Å². The van der Waals surface area contributed by atoms with Crippen molar-refractivity contribution in [2.24, 2.45) is 0 Å². The monoisotopic (exact) mass is 283 g/mol. The summed E-state index contributed by atoms with van der Waals surface area (Å²) in [5, 5.41) is 11.2. The lowest BCUT2D eigenvalue weighted by Gasteiger charge is -2.12. The van der Waals surface area contributed by atoms with E-state index in [2.05, 4.69) is 5.32 Å². The van der Waals surface area contributed by atoms with Crippen LogP contribution in [-0.4, -0.2) is 29.6 Å². The number of carboxylic acids is 1. The molecule has 0 fully saturated rings. The van der Waals surface area contributed by atoms with E-state index < -0.39 is 12.0 Å². The second kappa shape index (κ2) is 8.14. The molecule has 0 spiro atoms. The fourth-order valence-electron chi connectivity index (χ4n) is 1.56. The number of carbonyl (C=O) groups is 2. The number of nitrogens with one attached hydrogen (secondary N) is 1. The van der Waals surface area contributed by atoms with Crippen molar-refractivity contribution in [3.63, 3.8) is 0 Å². The van der Waals surface area contributed by atoms with Crippen LogP contribution in [-0.2, 0) is 9.59 Å². The van der Waals surface area contributed by atoms with Crippen LogP contribution in [0.5, 0.6) is 5.75 Å². The maximum Gasteiger partial charge on any atom is 0.326 e. The van der Waals surface area contributed by atoms with Gasteiger partial charge in [-0.3, -0.25) is 4.79 Å². The van der Waals surface area contributed by atoms with Gasteiger partial charge in [-0.2, -0.15) is 0 Å². The second-order valence-corrected chi connectivity index (χ2v) is 4.27. The Morgan fingerprint density at radius 2 is 2.00 bits per heavy atom. The maximum atomic E-state index is 12.6. The Labute approximate surface area is 116 Å². The van der Waals surface area contributed by atoms with Gasteiger partial charge in [-0.15, -0.1) is 0 Å². The Bertz CT molecular complexity index is 447. The predicted molar refractivity (Wildman–Crippen MR) is 71.0 cm³/mol. The molecule has 2 N–H and O–H groups in total. The van der Waals surface area contributed by atoms with E-state index in [4.69, 9.17) is 9.84 Å². The second-order valence-electron chi connectivity index (χ2n) is 4.27. The standard InChI is InChI=1S/C14H18FNO4/c1-2-12(14(18)19)16-13(17)4-3-9-20-11-7-5-10(15)6-8-11/h5-8,12H,2-4,9H2,1H3,(H,16,17)(H,18,19)/t12-/m0/s1. The van der Waals surface area contributed by atoms with Gasteiger partial charge in [-0.25, -0.2) is 9.18 Å². The van der Waals surface area contributed by atoms with E-state index in [0.29, 0.717) is 25.2 Å². The molecule has 0 aliphatic heterocycles. The van der Waals surface area contributed by atoms with Crippen molar-refractivity contribution in [1.29, 1.82) is 0 Å². The molecule has 0 saturated heterocycles. The first-order valence-corrected chi connectivity index (χ1v) is 6.43. The van der Waals surface area contributed by atoms with Gasteiger partial charge in [0.1, 0.15) is 17.6 Å². The van der Waals surface area contributed by atoms with Crippen LogP contribution >= 0.6 is 0 Å². The molecular formula is C14H18FNO4. The SMILES string of the molecule is CC[C@H](NC(=O)CCCOc1ccc(F)cc1)C(=O)O. The molecule has 0 radical (unpaired) electrons. The van der Waals surface area contributed by atoms with Gasteiger partial charge in [0.2, 0.25) is 5.91 Å². The van der Waals surface area contributed by atoms with E-state index in [1.807, 2.05) is 0 Å². The highest BCUT2D eigenvalue weighted by molar-refractivity contribution is 5.83. The molecule has 0 aliphatic rings. The number of hydrogen-bond donors (Lipinski definition) is 2. The summed E-state index contributed by atoms with van der Waals surface area (Å²) in [6, 6.07) is 4.75. The van der Waals surface area contributed by atoms with Crippen molar-refractivity contribution >= 4 is 11.9 Å². The molecule has 0 heterocycles. The van der Waals surface area contributed by atoms with Crippen LogP contribution in [0.3, 0.4) is 0 Å². The average molecular weight is 283 g/mol. The van der Waals surface area contributed by atoms with Crippen molar-refractivity contribution in [3.8, 4) is 5.75 Å². The molecule has 110 valence electrons. The summed E-state index contributed by atoms with van der Waals surface area (Å²) in [5.41, 5.74) is 0. The number of rotatable bonds is 8. The Balaban J connectivity index is 2.22. The lowest BCUT2D eigenvalue weighted by atomic mass is 10.2. The normalized spacial score (nSPS) is 11.7. The largest absolute Gasteiger partial charge is 0.494 e. The zero-order valence-corrected chi connectivity index (χ0v) is 11.3. The van der Waals surface area contributed by atoms with Gasteiger partial charge in [0.15, 0.2) is 0 Å². The Kier molecular flexibility index (Phi) is 6.49. The van der Waals surface area contributed by atoms with Crippen LogP contribution in [0.4, 0.5) is 4.39 Å². The summed E-state index contributed by atoms with van der Waals surface area (Å²) < 4.78 is 18.0. The van der Waals surface area contributed by atoms with Gasteiger partial charge < -0.3 is 15.2 Å². The topological polar surface area (TPSA) is 75.6 Å². The van der Waals surface area contributed by atoms with Gasteiger partial charge in [-0.1, -0.05) is 6.92 Å². The molecule has 6 heteroatoms. The van der Waals surface area contributed by atoms with Crippen LogP contribution in [0.25, 0.3) is 0 Å². The third-order valence-corrected chi connectivity index (χ3v) is 2.67. The number of benzene rings is 1. The summed E-state index contributed by atoms with van der Waals surface area (Å²) in [6.07, 6.45) is 0.984. The van der Waals surface area contributed by atoms with E-state index in [-0.39, 0.29) is 18.1 Å². The van der Waals surface area contributed by atoms with Crippen molar-refractivity contribution in [2.45, 2.75) is 32.2 Å². The minimum absolute atomic E-state index is 0.185. The molecule has 1 rings (SSSR count). The lowest BCUT2D eigenvalue weighted by Crippen LogP contribution is -2.40. The van der Waals surface area contributed by atoms with Crippen LogP contribution in [0, 0.1) is 5.82 Å². The quantitative estimate of drug-likeness (QED) is 0.715. The van der Waals surface area contributed by atoms with Crippen LogP contribution < -0.4 is 10.1 Å². The van der Waals surface area contributed by atoms with Gasteiger partial charge in [0.25, 0.3) is 0 Å².